The van der Waals surface area contributed by atoms with Gasteiger partial charge in [0.2, 0.25) is 0 Å². The lowest BCUT2D eigenvalue weighted by molar-refractivity contribution is 0.0724. The number of benzene rings is 6. The van der Waals surface area contributed by atoms with Crippen molar-refractivity contribution in [1.29, 1.82) is 0 Å². The van der Waals surface area contributed by atoms with Crippen LogP contribution in [0.5, 0.6) is 23.0 Å². The molecule has 0 unspecified atom stereocenters. The van der Waals surface area contributed by atoms with Gasteiger partial charge in [-0.3, -0.25) is 0 Å². The summed E-state index contributed by atoms with van der Waals surface area (Å²) in [6, 6.07) is 37.2. The van der Waals surface area contributed by atoms with Gasteiger partial charge in [-0.25, -0.2) is 9.59 Å². The van der Waals surface area contributed by atoms with Gasteiger partial charge in [0.05, 0.1) is 17.2 Å². The monoisotopic (exact) mass is 830 g/mol. The minimum Gasteiger partial charge on any atom is -0.507 e. The van der Waals surface area contributed by atoms with E-state index in [4.69, 9.17) is 14.2 Å². The molecular weight excluding hydrogens is 796 g/mol. The number of carbonyl (C=O) groups excluding carboxylic acids is 2. The Morgan fingerprint density at radius 2 is 0.868 bits per heavy atom. The molecule has 0 saturated heterocycles. The van der Waals surface area contributed by atoms with Crippen molar-refractivity contribution in [3.63, 3.8) is 0 Å². The molecule has 8 heteroatoms. The Balaban J connectivity index is 1.47. The standard InChI is InChI=1S/C45H36Br2O6/c1-27(2)51-41-32-17-10-18-33(41)21-35-24-39(47)26-37(43(35)53-45(50)29-13-7-4-8-14-29)22-36-25-38(46)23-34(20-31-16-9-15-30(19-32)40(31)48)42(36)52-44(49)28-11-5-3-6-12-28/h3-18,23-27,48H,19-22H2,1-2H3. The zero-order chi connectivity index (χ0) is 37.1. The van der Waals surface area contributed by atoms with Crippen molar-refractivity contribution in [2.24, 2.45) is 0 Å². The number of rotatable bonds is 6. The van der Waals surface area contributed by atoms with Crippen LogP contribution >= 0.6 is 31.9 Å². The van der Waals surface area contributed by atoms with Gasteiger partial charge in [-0.15, -0.1) is 0 Å². The third kappa shape index (κ3) is 8.24. The number of carbonyl (C=O) groups is 2. The summed E-state index contributed by atoms with van der Waals surface area (Å²) in [5.41, 5.74) is 6.92. The molecule has 6 aromatic rings. The second-order valence-electron chi connectivity index (χ2n) is 13.3. The Bertz CT molecular complexity index is 2320. The fourth-order valence-corrected chi connectivity index (χ4v) is 7.82. The molecule has 0 atom stereocenters. The molecule has 0 saturated carbocycles. The van der Waals surface area contributed by atoms with E-state index in [0.717, 1.165) is 36.9 Å². The lowest BCUT2D eigenvalue weighted by Gasteiger charge is -2.22. The predicted molar refractivity (Wildman–Crippen MR) is 213 cm³/mol. The van der Waals surface area contributed by atoms with Crippen molar-refractivity contribution in [2.75, 3.05) is 0 Å². The first-order valence-corrected chi connectivity index (χ1v) is 19.0. The van der Waals surface area contributed by atoms with Gasteiger partial charge in [-0.2, -0.15) is 0 Å². The fraction of sp³-hybridized carbons (Fsp3) is 0.156. The number of phenols is 1. The Morgan fingerprint density at radius 1 is 0.509 bits per heavy atom. The molecule has 1 aliphatic carbocycles. The number of ether oxygens (including phenoxy) is 3. The van der Waals surface area contributed by atoms with Gasteiger partial charge in [0, 0.05) is 56.9 Å². The smallest absolute Gasteiger partial charge is 0.343 e. The summed E-state index contributed by atoms with van der Waals surface area (Å²) in [5, 5.41) is 11.7. The maximum Gasteiger partial charge on any atom is 0.343 e. The highest BCUT2D eigenvalue weighted by Crippen LogP contribution is 2.41. The molecule has 0 amide bonds. The van der Waals surface area contributed by atoms with Crippen molar-refractivity contribution >= 4 is 43.8 Å². The SMILES string of the molecule is CC(C)Oc1c2cccc1Cc1cc(Br)cc(c1OC(=O)c1ccccc1)Cc1cc(Br)cc(c1OC(=O)c1ccccc1)Cc1cccc(c1O)C2. The molecule has 53 heavy (non-hydrogen) atoms. The van der Waals surface area contributed by atoms with Gasteiger partial charge in [0.1, 0.15) is 23.0 Å². The molecule has 1 aliphatic rings. The van der Waals surface area contributed by atoms with Crippen molar-refractivity contribution < 1.29 is 28.9 Å². The van der Waals surface area contributed by atoms with Gasteiger partial charge < -0.3 is 19.3 Å². The van der Waals surface area contributed by atoms with Gasteiger partial charge >= 0.3 is 11.9 Å². The zero-order valence-corrected chi connectivity index (χ0v) is 32.4. The van der Waals surface area contributed by atoms with Crippen LogP contribution in [0.1, 0.15) is 79.1 Å². The van der Waals surface area contributed by atoms with E-state index in [1.54, 1.807) is 48.5 Å². The minimum atomic E-state index is -0.510. The molecule has 0 fully saturated rings. The van der Waals surface area contributed by atoms with E-state index in [1.807, 2.05) is 86.6 Å². The van der Waals surface area contributed by atoms with Crippen LogP contribution in [0.3, 0.4) is 0 Å². The van der Waals surface area contributed by atoms with Gasteiger partial charge in [0.25, 0.3) is 0 Å². The highest BCUT2D eigenvalue weighted by Gasteiger charge is 2.25. The summed E-state index contributed by atoms with van der Waals surface area (Å²) in [6.07, 6.45) is 1.20. The molecule has 7 rings (SSSR count). The van der Waals surface area contributed by atoms with Crippen LogP contribution < -0.4 is 14.2 Å². The number of hydrogen-bond donors (Lipinski definition) is 1. The maximum atomic E-state index is 13.8. The normalized spacial score (nSPS) is 12.2. The molecule has 0 aliphatic heterocycles. The quantitative estimate of drug-likeness (QED) is 0.133. The van der Waals surface area contributed by atoms with E-state index < -0.39 is 11.9 Å². The number of esters is 2. The van der Waals surface area contributed by atoms with E-state index in [9.17, 15) is 14.7 Å². The maximum absolute atomic E-state index is 13.8. The molecule has 6 nitrogen and oxygen atoms in total. The van der Waals surface area contributed by atoms with Gasteiger partial charge in [-0.05, 0) is 84.6 Å². The third-order valence-corrected chi connectivity index (χ3v) is 10.00. The minimum absolute atomic E-state index is 0.116. The molecule has 1 N–H and O–H groups in total. The average molecular weight is 833 g/mol. The fourth-order valence-electron chi connectivity index (χ4n) is 6.72. The second kappa shape index (κ2) is 15.8. The summed E-state index contributed by atoms with van der Waals surface area (Å²) in [5.74, 6) is 0.692. The third-order valence-electron chi connectivity index (χ3n) is 9.08. The molecule has 0 spiro atoms. The molecule has 0 heterocycles. The Morgan fingerprint density at radius 3 is 1.28 bits per heavy atom. The first kappa shape index (κ1) is 36.2. The van der Waals surface area contributed by atoms with Crippen LogP contribution in [0.4, 0.5) is 0 Å². The van der Waals surface area contributed by atoms with Crippen LogP contribution in [0.15, 0.2) is 130 Å². The van der Waals surface area contributed by atoms with Crippen molar-refractivity contribution in [1.82, 2.24) is 0 Å². The van der Waals surface area contributed by atoms with Crippen LogP contribution in [0.2, 0.25) is 0 Å². The second-order valence-corrected chi connectivity index (χ2v) is 15.2. The van der Waals surface area contributed by atoms with Gasteiger partial charge in [0.15, 0.2) is 0 Å². The molecular formula is C45H36Br2O6. The predicted octanol–water partition coefficient (Wildman–Crippen LogP) is 10.8. The topological polar surface area (TPSA) is 82.1 Å². The van der Waals surface area contributed by atoms with E-state index in [-0.39, 0.29) is 24.7 Å². The zero-order valence-electron chi connectivity index (χ0n) is 29.2. The van der Waals surface area contributed by atoms with Crippen LogP contribution in [-0.2, 0) is 25.7 Å². The summed E-state index contributed by atoms with van der Waals surface area (Å²) in [7, 11) is 0. The number of fused-ring (bicyclic) bond motifs is 8. The highest BCUT2D eigenvalue weighted by molar-refractivity contribution is 9.10. The number of hydrogen-bond acceptors (Lipinski definition) is 6. The Kier molecular flexibility index (Phi) is 10.8. The van der Waals surface area contributed by atoms with Crippen molar-refractivity contribution in [3.05, 3.63) is 186 Å². The van der Waals surface area contributed by atoms with Gasteiger partial charge in [-0.1, -0.05) is 105 Å². The summed E-state index contributed by atoms with van der Waals surface area (Å²) in [6.45, 7) is 3.98. The Labute approximate surface area is 325 Å². The van der Waals surface area contributed by atoms with E-state index in [2.05, 4.69) is 31.9 Å². The number of aromatic hydroxyl groups is 1. The summed E-state index contributed by atoms with van der Waals surface area (Å²) in [4.78, 5) is 27.4. The molecule has 8 bridgehead atoms. The first-order valence-electron chi connectivity index (χ1n) is 17.4. The summed E-state index contributed by atoms with van der Waals surface area (Å²) >= 11 is 7.46. The van der Waals surface area contributed by atoms with E-state index in [1.165, 1.54) is 0 Å². The van der Waals surface area contributed by atoms with Crippen molar-refractivity contribution in [2.45, 2.75) is 45.6 Å². The van der Waals surface area contributed by atoms with Crippen molar-refractivity contribution in [3.8, 4) is 23.0 Å². The van der Waals surface area contributed by atoms with Crippen LogP contribution in [0.25, 0.3) is 0 Å². The number of phenolic OH excluding ortho intramolecular Hbond substituents is 1. The lowest BCUT2D eigenvalue weighted by Crippen LogP contribution is -2.14. The van der Waals surface area contributed by atoms with Crippen LogP contribution in [-0.4, -0.2) is 23.1 Å². The van der Waals surface area contributed by atoms with Crippen LogP contribution in [0, 0.1) is 0 Å². The first-order chi connectivity index (χ1) is 25.6. The average Bonchev–Trinajstić information content (AvgIpc) is 3.14. The number of halogens is 2. The van der Waals surface area contributed by atoms with E-state index in [0.29, 0.717) is 57.7 Å². The molecule has 6 aromatic carbocycles. The largest absolute Gasteiger partial charge is 0.507 e. The highest BCUT2D eigenvalue weighted by atomic mass is 79.9. The molecule has 266 valence electrons. The number of para-hydroxylation sites is 2. The lowest BCUT2D eigenvalue weighted by atomic mass is 9.91. The molecule has 0 aromatic heterocycles. The van der Waals surface area contributed by atoms with E-state index >= 15 is 0 Å². The summed E-state index contributed by atoms with van der Waals surface area (Å²) < 4.78 is 20.7. The Hall–Kier alpha value is -5.18. The molecule has 0 radical (unpaired) electrons.